The molecule has 0 radical (unpaired) electrons. The van der Waals surface area contributed by atoms with Gasteiger partial charge in [0.25, 0.3) is 5.91 Å². The van der Waals surface area contributed by atoms with Gasteiger partial charge in [0, 0.05) is 19.1 Å². The lowest BCUT2D eigenvalue weighted by Crippen LogP contribution is -2.57. The molecule has 0 aromatic carbocycles. The number of nitrogens with two attached hydrogens (primary N) is 1. The zero-order chi connectivity index (χ0) is 11.0. The smallest absolute Gasteiger partial charge is 0.255 e. The summed E-state index contributed by atoms with van der Waals surface area (Å²) in [6, 6.07) is 1.90. The van der Waals surface area contributed by atoms with Crippen LogP contribution in [0.4, 0.5) is 0 Å². The molecule has 2 heterocycles. The molecule has 0 saturated carbocycles. The summed E-state index contributed by atoms with van der Waals surface area (Å²) in [6.45, 7) is 4.89. The zero-order valence-corrected chi connectivity index (χ0v) is 8.90. The normalized spacial score (nSPS) is 16.3. The molecular weight excluding hydrogens is 192 g/mol. The van der Waals surface area contributed by atoms with E-state index in [0.717, 1.165) is 5.69 Å². The van der Waals surface area contributed by atoms with Crippen LogP contribution in [0.15, 0.2) is 6.07 Å². The number of carbonyl (C=O) groups excluding carboxylic acids is 1. The Labute approximate surface area is 88.3 Å². The Balaban J connectivity index is 2.22. The molecule has 5 heteroatoms. The number of hydrogen-bond donors (Lipinski definition) is 1. The Morgan fingerprint density at radius 1 is 1.47 bits per heavy atom. The minimum Gasteiger partial charge on any atom is -0.335 e. The lowest BCUT2D eigenvalue weighted by atomic mass is 10.1. The summed E-state index contributed by atoms with van der Waals surface area (Å²) in [4.78, 5) is 13.7. The van der Waals surface area contributed by atoms with Crippen LogP contribution in [0.3, 0.4) is 0 Å². The van der Waals surface area contributed by atoms with Gasteiger partial charge in [0.1, 0.15) is 0 Å². The van der Waals surface area contributed by atoms with Gasteiger partial charge in [0.05, 0.1) is 17.0 Å². The molecule has 1 saturated heterocycles. The third-order valence-electron chi connectivity index (χ3n) is 2.53. The van der Waals surface area contributed by atoms with Crippen molar-refractivity contribution >= 4 is 5.91 Å². The lowest BCUT2D eigenvalue weighted by Gasteiger charge is -2.37. The first-order valence-corrected chi connectivity index (χ1v) is 4.93. The molecule has 1 fully saturated rings. The van der Waals surface area contributed by atoms with Crippen molar-refractivity contribution < 1.29 is 4.79 Å². The fourth-order valence-corrected chi connectivity index (χ4v) is 1.62. The number of hydrogen-bond acceptors (Lipinski definition) is 4. The first-order valence-electron chi connectivity index (χ1n) is 4.93. The van der Waals surface area contributed by atoms with Gasteiger partial charge in [0.15, 0.2) is 0 Å². The molecule has 0 spiro atoms. The van der Waals surface area contributed by atoms with Gasteiger partial charge in [-0.3, -0.25) is 4.79 Å². The second-order valence-corrected chi connectivity index (χ2v) is 3.96. The van der Waals surface area contributed by atoms with E-state index in [1.807, 2.05) is 6.92 Å². The van der Waals surface area contributed by atoms with Crippen LogP contribution in [0.5, 0.6) is 0 Å². The summed E-state index contributed by atoms with van der Waals surface area (Å²) in [5, 5.41) is 7.83. The molecule has 2 N–H and O–H groups in total. The fraction of sp³-hybridized carbons (Fsp3) is 0.500. The molecule has 1 aromatic rings. The van der Waals surface area contributed by atoms with Crippen molar-refractivity contribution in [2.24, 2.45) is 5.73 Å². The van der Waals surface area contributed by atoms with Crippen LogP contribution in [0, 0.1) is 13.8 Å². The summed E-state index contributed by atoms with van der Waals surface area (Å²) in [5.41, 5.74) is 7.69. The Bertz CT molecular complexity index is 398. The molecule has 80 valence electrons. The Kier molecular flexibility index (Phi) is 2.40. The van der Waals surface area contributed by atoms with Crippen LogP contribution in [-0.4, -0.2) is 40.1 Å². The molecule has 1 aliphatic heterocycles. The van der Waals surface area contributed by atoms with Gasteiger partial charge >= 0.3 is 0 Å². The average Bonchev–Trinajstić information content (AvgIpc) is 2.16. The highest BCUT2D eigenvalue weighted by molar-refractivity contribution is 5.95. The third-order valence-corrected chi connectivity index (χ3v) is 2.53. The van der Waals surface area contributed by atoms with Crippen LogP contribution >= 0.6 is 0 Å². The average molecular weight is 206 g/mol. The van der Waals surface area contributed by atoms with E-state index in [4.69, 9.17) is 5.73 Å². The highest BCUT2D eigenvalue weighted by Gasteiger charge is 2.29. The van der Waals surface area contributed by atoms with Crippen molar-refractivity contribution in [3.8, 4) is 0 Å². The minimum absolute atomic E-state index is 0.00667. The van der Waals surface area contributed by atoms with Crippen molar-refractivity contribution in [2.75, 3.05) is 13.1 Å². The van der Waals surface area contributed by atoms with Crippen LogP contribution in [-0.2, 0) is 0 Å². The van der Waals surface area contributed by atoms with Crippen molar-refractivity contribution in [1.29, 1.82) is 0 Å². The molecule has 0 unspecified atom stereocenters. The zero-order valence-electron chi connectivity index (χ0n) is 8.90. The highest BCUT2D eigenvalue weighted by atomic mass is 16.2. The first kappa shape index (κ1) is 10.0. The van der Waals surface area contributed by atoms with Crippen molar-refractivity contribution in [2.45, 2.75) is 19.9 Å². The summed E-state index contributed by atoms with van der Waals surface area (Å²) in [7, 11) is 0. The van der Waals surface area contributed by atoms with Gasteiger partial charge in [0.2, 0.25) is 0 Å². The largest absolute Gasteiger partial charge is 0.335 e. The first-order chi connectivity index (χ1) is 7.08. The molecule has 0 bridgehead atoms. The van der Waals surface area contributed by atoms with Gasteiger partial charge in [-0.15, -0.1) is 0 Å². The molecule has 0 aliphatic carbocycles. The van der Waals surface area contributed by atoms with E-state index in [1.165, 1.54) is 0 Å². The number of likely N-dealkylation sites (tertiary alicyclic amines) is 1. The predicted molar refractivity (Wildman–Crippen MR) is 55.4 cm³/mol. The third kappa shape index (κ3) is 1.83. The predicted octanol–water partition coefficient (Wildman–Crippen LogP) is -0.123. The van der Waals surface area contributed by atoms with Crippen LogP contribution < -0.4 is 5.73 Å². The van der Waals surface area contributed by atoms with Crippen molar-refractivity contribution in [1.82, 2.24) is 15.1 Å². The highest BCUT2D eigenvalue weighted by Crippen LogP contribution is 2.14. The van der Waals surface area contributed by atoms with E-state index in [0.29, 0.717) is 24.3 Å². The number of nitrogens with zero attached hydrogens (tertiary/aromatic N) is 3. The molecule has 5 nitrogen and oxygen atoms in total. The van der Waals surface area contributed by atoms with E-state index >= 15 is 0 Å². The van der Waals surface area contributed by atoms with Crippen LogP contribution in [0.25, 0.3) is 0 Å². The molecule has 2 rings (SSSR count). The number of rotatable bonds is 1. The Hall–Kier alpha value is -1.49. The van der Waals surface area contributed by atoms with E-state index < -0.39 is 0 Å². The summed E-state index contributed by atoms with van der Waals surface area (Å²) < 4.78 is 0. The Morgan fingerprint density at radius 2 is 2.13 bits per heavy atom. The van der Waals surface area contributed by atoms with E-state index in [-0.39, 0.29) is 11.9 Å². The molecule has 0 atom stereocenters. The topological polar surface area (TPSA) is 72.1 Å². The maximum Gasteiger partial charge on any atom is 0.255 e. The molecule has 1 aliphatic rings. The molecule has 1 amide bonds. The number of amides is 1. The van der Waals surface area contributed by atoms with Gasteiger partial charge < -0.3 is 10.6 Å². The molecule has 1 aromatic heterocycles. The molecular formula is C10H14N4O. The lowest BCUT2D eigenvalue weighted by molar-refractivity contribution is 0.0606. The quantitative estimate of drug-likeness (QED) is 0.695. The van der Waals surface area contributed by atoms with Crippen LogP contribution in [0.2, 0.25) is 0 Å². The molecule has 15 heavy (non-hydrogen) atoms. The van der Waals surface area contributed by atoms with E-state index in [2.05, 4.69) is 10.2 Å². The summed E-state index contributed by atoms with van der Waals surface area (Å²) >= 11 is 0. The van der Waals surface area contributed by atoms with Gasteiger partial charge in [-0.25, -0.2) is 0 Å². The van der Waals surface area contributed by atoms with Crippen molar-refractivity contribution in [3.05, 3.63) is 23.0 Å². The summed E-state index contributed by atoms with van der Waals surface area (Å²) in [6.07, 6.45) is 0. The minimum atomic E-state index is 0.00667. The fourth-order valence-electron chi connectivity index (χ4n) is 1.62. The van der Waals surface area contributed by atoms with E-state index in [9.17, 15) is 4.79 Å². The summed E-state index contributed by atoms with van der Waals surface area (Å²) in [5.74, 6) is 0.00667. The van der Waals surface area contributed by atoms with Gasteiger partial charge in [-0.1, -0.05) is 0 Å². The second kappa shape index (κ2) is 3.58. The van der Waals surface area contributed by atoms with Gasteiger partial charge in [-0.2, -0.15) is 10.2 Å². The number of carbonyl (C=O) groups is 1. The Morgan fingerprint density at radius 3 is 2.73 bits per heavy atom. The van der Waals surface area contributed by atoms with E-state index in [1.54, 1.807) is 17.9 Å². The number of aryl methyl sites for hydroxylation is 2. The van der Waals surface area contributed by atoms with Crippen LogP contribution in [0.1, 0.15) is 21.7 Å². The number of aromatic nitrogens is 2. The second-order valence-electron chi connectivity index (χ2n) is 3.96. The standard InChI is InChI=1S/C10H14N4O/c1-6-3-9(7(2)13-12-6)10(15)14-4-8(11)5-14/h3,8H,4-5,11H2,1-2H3. The van der Waals surface area contributed by atoms with Crippen molar-refractivity contribution in [3.63, 3.8) is 0 Å². The maximum atomic E-state index is 11.9. The van der Waals surface area contributed by atoms with Gasteiger partial charge in [-0.05, 0) is 19.9 Å². The SMILES string of the molecule is Cc1cc(C(=O)N2CC(N)C2)c(C)nn1. The maximum absolute atomic E-state index is 11.9. The monoisotopic (exact) mass is 206 g/mol.